The molecule has 0 radical (unpaired) electrons. The molecule has 0 aliphatic carbocycles. The van der Waals surface area contributed by atoms with Gasteiger partial charge in [0.15, 0.2) is 5.78 Å². The Morgan fingerprint density at radius 1 is 1.05 bits per heavy atom. The van der Waals surface area contributed by atoms with Crippen LogP contribution in [0.2, 0.25) is 10.0 Å². The topological polar surface area (TPSA) is 116 Å². The minimum Gasteiger partial charge on any atom is -0.421 e. The second-order valence-corrected chi connectivity index (χ2v) is 13.4. The van der Waals surface area contributed by atoms with Crippen molar-refractivity contribution in [2.24, 2.45) is 0 Å². The molecule has 1 saturated heterocycles. The number of hydrogen-bond acceptors (Lipinski definition) is 5. The number of carbonyl (C=O) groups excluding carboxylic acids is 2. The van der Waals surface area contributed by atoms with Gasteiger partial charge in [-0.1, -0.05) is 65.7 Å². The highest BCUT2D eigenvalue weighted by atomic mass is 35.5. The lowest BCUT2D eigenvalue weighted by atomic mass is 10.0. The highest BCUT2D eigenvalue weighted by Gasteiger charge is 2.38. The Morgan fingerprint density at radius 3 is 2.43 bits per heavy atom. The highest BCUT2D eigenvalue weighted by Crippen LogP contribution is 2.50. The van der Waals surface area contributed by atoms with E-state index < -0.39 is 7.67 Å². The van der Waals surface area contributed by atoms with E-state index in [1.807, 2.05) is 61.0 Å². The number of benzene rings is 3. The third-order valence-electron chi connectivity index (χ3n) is 7.11. The molecule has 4 aromatic rings. The predicted molar refractivity (Wildman–Crippen MR) is 166 cm³/mol. The summed E-state index contributed by atoms with van der Waals surface area (Å²) < 4.78 is 22.4. The van der Waals surface area contributed by atoms with Crippen LogP contribution in [-0.4, -0.2) is 51.7 Å². The molecule has 1 fully saturated rings. The van der Waals surface area contributed by atoms with E-state index in [-0.39, 0.29) is 51.5 Å². The SMILES string of the molecule is CC(C)NP(=O)(Oc1cccc2ccccc12)N1CCC(NC(=O)c2[nH]ncc2CC(=O)c2c(Cl)cccc2Cl)CC1. The number of carbonyl (C=O) groups is 2. The largest absolute Gasteiger partial charge is 0.421 e. The lowest BCUT2D eigenvalue weighted by Gasteiger charge is -2.37. The summed E-state index contributed by atoms with van der Waals surface area (Å²) in [6.45, 7) is 4.76. The summed E-state index contributed by atoms with van der Waals surface area (Å²) in [6.07, 6.45) is 2.49. The average molecular weight is 628 g/mol. The van der Waals surface area contributed by atoms with E-state index in [1.54, 1.807) is 18.2 Å². The fourth-order valence-corrected chi connectivity index (χ4v) is 7.87. The summed E-state index contributed by atoms with van der Waals surface area (Å²) in [4.78, 5) is 26.1. The van der Waals surface area contributed by atoms with Crippen LogP contribution in [0.4, 0.5) is 0 Å². The summed E-state index contributed by atoms with van der Waals surface area (Å²) in [5.41, 5.74) is 0.867. The van der Waals surface area contributed by atoms with Crippen molar-refractivity contribution >= 4 is 53.3 Å². The van der Waals surface area contributed by atoms with Crippen molar-refractivity contribution in [3.63, 3.8) is 0 Å². The van der Waals surface area contributed by atoms with Gasteiger partial charge in [-0.15, -0.1) is 0 Å². The second-order valence-electron chi connectivity index (χ2n) is 10.5. The van der Waals surface area contributed by atoms with Crippen LogP contribution in [0, 0.1) is 0 Å². The van der Waals surface area contributed by atoms with Crippen LogP contribution in [0.5, 0.6) is 5.75 Å². The van der Waals surface area contributed by atoms with E-state index in [2.05, 4.69) is 20.6 Å². The maximum atomic E-state index is 14.3. The number of nitrogens with one attached hydrogen (secondary N) is 3. The lowest BCUT2D eigenvalue weighted by molar-refractivity contribution is 0.0916. The van der Waals surface area contributed by atoms with Crippen molar-refractivity contribution in [2.75, 3.05) is 13.1 Å². The number of fused-ring (bicyclic) bond motifs is 1. The first kappa shape index (κ1) is 30.3. The third kappa shape index (κ3) is 6.72. The van der Waals surface area contributed by atoms with Gasteiger partial charge in [0.05, 0.1) is 21.8 Å². The van der Waals surface area contributed by atoms with E-state index in [0.29, 0.717) is 37.2 Å². The quantitative estimate of drug-likeness (QED) is 0.133. The van der Waals surface area contributed by atoms with Gasteiger partial charge >= 0.3 is 7.67 Å². The monoisotopic (exact) mass is 627 g/mol. The molecule has 3 aromatic carbocycles. The molecule has 2 heterocycles. The summed E-state index contributed by atoms with van der Waals surface area (Å²) >= 11 is 12.4. The zero-order valence-electron chi connectivity index (χ0n) is 23.3. The fraction of sp³-hybridized carbons (Fsp3) is 0.300. The minimum absolute atomic E-state index is 0.0783. The molecule has 1 unspecified atom stereocenters. The minimum atomic E-state index is -3.45. The number of aromatic amines is 1. The summed E-state index contributed by atoms with van der Waals surface area (Å²) in [5, 5.41) is 15.3. The van der Waals surface area contributed by atoms with Gasteiger partial charge in [0.2, 0.25) is 0 Å². The van der Waals surface area contributed by atoms with Crippen LogP contribution >= 0.6 is 30.9 Å². The number of nitrogens with zero attached hydrogens (tertiary/aromatic N) is 2. The van der Waals surface area contributed by atoms with E-state index in [1.165, 1.54) is 6.20 Å². The van der Waals surface area contributed by atoms with Crippen molar-refractivity contribution in [1.82, 2.24) is 25.3 Å². The van der Waals surface area contributed by atoms with Crippen LogP contribution < -0.4 is 14.9 Å². The summed E-state index contributed by atoms with van der Waals surface area (Å²) in [5.74, 6) is -0.122. The van der Waals surface area contributed by atoms with Crippen LogP contribution in [0.3, 0.4) is 0 Å². The molecule has 9 nitrogen and oxygen atoms in total. The van der Waals surface area contributed by atoms with Crippen LogP contribution in [-0.2, 0) is 11.0 Å². The number of piperidine rings is 1. The Kier molecular flexibility index (Phi) is 9.35. The maximum absolute atomic E-state index is 14.3. The Morgan fingerprint density at radius 2 is 1.71 bits per heavy atom. The lowest BCUT2D eigenvalue weighted by Crippen LogP contribution is -2.46. The van der Waals surface area contributed by atoms with Gasteiger partial charge in [0.25, 0.3) is 5.91 Å². The Hall–Kier alpha value is -3.20. The van der Waals surface area contributed by atoms with Crippen molar-refractivity contribution in [1.29, 1.82) is 0 Å². The molecule has 1 aromatic heterocycles. The molecule has 1 atom stereocenters. The zero-order valence-corrected chi connectivity index (χ0v) is 25.7. The first-order valence-corrected chi connectivity index (χ1v) is 16.1. The van der Waals surface area contributed by atoms with Crippen molar-refractivity contribution in [3.05, 3.63) is 93.7 Å². The number of aromatic nitrogens is 2. The van der Waals surface area contributed by atoms with Crippen molar-refractivity contribution in [2.45, 2.75) is 45.2 Å². The molecule has 42 heavy (non-hydrogen) atoms. The molecule has 220 valence electrons. The molecule has 1 aliphatic rings. The average Bonchev–Trinajstić information content (AvgIpc) is 3.41. The number of halogens is 2. The molecule has 0 spiro atoms. The maximum Gasteiger partial charge on any atom is 0.393 e. The number of H-pyrrole nitrogens is 1. The Bertz CT molecular complexity index is 1630. The standard InChI is InChI=1S/C30H32Cl2N5O4P/c1-19(2)36-42(40,41-27-12-5-8-20-7-3-4-9-23(20)27)37-15-13-22(14-16-37)34-30(39)29-21(18-33-35-29)17-26(38)28-24(31)10-6-11-25(28)32/h3-12,18-19,22H,13-17H2,1-2H3,(H,33,35)(H,34,39)(H,36,40). The van der Waals surface area contributed by atoms with Gasteiger partial charge in [-0.3, -0.25) is 14.7 Å². The fourth-order valence-electron chi connectivity index (χ4n) is 5.10. The molecular weight excluding hydrogens is 596 g/mol. The molecule has 1 aliphatic heterocycles. The van der Waals surface area contributed by atoms with Gasteiger partial charge in [0.1, 0.15) is 11.4 Å². The van der Waals surface area contributed by atoms with Crippen molar-refractivity contribution < 1.29 is 18.7 Å². The second kappa shape index (κ2) is 13.0. The van der Waals surface area contributed by atoms with Gasteiger partial charge in [0, 0.05) is 42.5 Å². The number of Topliss-reactive ketones (excluding diaryl/α,β-unsaturated/α-hetero) is 1. The predicted octanol–water partition coefficient (Wildman–Crippen LogP) is 6.67. The van der Waals surface area contributed by atoms with E-state index >= 15 is 0 Å². The normalized spacial score (nSPS) is 15.9. The molecule has 0 bridgehead atoms. The van der Waals surface area contributed by atoms with Crippen LogP contribution in [0.1, 0.15) is 53.1 Å². The summed E-state index contributed by atoms with van der Waals surface area (Å²) in [6, 6.07) is 18.1. The van der Waals surface area contributed by atoms with Gasteiger partial charge < -0.3 is 9.84 Å². The molecule has 0 saturated carbocycles. The Balaban J connectivity index is 1.24. The van der Waals surface area contributed by atoms with Gasteiger partial charge in [-0.25, -0.2) is 14.3 Å². The van der Waals surface area contributed by atoms with Crippen molar-refractivity contribution in [3.8, 4) is 5.75 Å². The smallest absolute Gasteiger partial charge is 0.393 e. The number of rotatable bonds is 10. The molecule has 12 heteroatoms. The molecular formula is C30H32Cl2N5O4P. The van der Waals surface area contributed by atoms with Crippen LogP contribution in [0.15, 0.2) is 66.9 Å². The van der Waals surface area contributed by atoms with Gasteiger partial charge in [-0.2, -0.15) is 5.10 Å². The van der Waals surface area contributed by atoms with E-state index in [0.717, 1.165) is 10.8 Å². The highest BCUT2D eigenvalue weighted by molar-refractivity contribution is 7.54. The number of amides is 1. The third-order valence-corrected chi connectivity index (χ3v) is 10.2. The first-order chi connectivity index (χ1) is 20.1. The molecule has 3 N–H and O–H groups in total. The molecule has 5 rings (SSSR count). The Labute approximate surface area is 254 Å². The zero-order chi connectivity index (χ0) is 29.9. The van der Waals surface area contributed by atoms with E-state index in [9.17, 15) is 14.2 Å². The summed E-state index contributed by atoms with van der Waals surface area (Å²) in [7, 11) is -3.45. The number of ketones is 1. The molecule has 1 amide bonds. The van der Waals surface area contributed by atoms with E-state index in [4.69, 9.17) is 27.7 Å². The first-order valence-electron chi connectivity index (χ1n) is 13.8. The number of hydrogen-bond donors (Lipinski definition) is 3. The van der Waals surface area contributed by atoms with Gasteiger partial charge in [-0.05, 0) is 50.3 Å². The van der Waals surface area contributed by atoms with Crippen LogP contribution in [0.25, 0.3) is 10.8 Å².